The normalized spacial score (nSPS) is 13.3. The van der Waals surface area contributed by atoms with E-state index in [4.69, 9.17) is 17.3 Å². The van der Waals surface area contributed by atoms with Gasteiger partial charge in [0.05, 0.1) is 23.0 Å². The van der Waals surface area contributed by atoms with E-state index in [1.165, 1.54) is 0 Å². The molecule has 1 amide bonds. The van der Waals surface area contributed by atoms with Gasteiger partial charge in [0.1, 0.15) is 0 Å². The Balaban J connectivity index is 0.00000264. The third-order valence-electron chi connectivity index (χ3n) is 4.03. The summed E-state index contributed by atoms with van der Waals surface area (Å²) in [5.41, 5.74) is 6.69. The second kappa shape index (κ2) is 7.81. The van der Waals surface area contributed by atoms with Crippen molar-refractivity contribution in [1.82, 2.24) is 15.1 Å². The first-order valence-electron chi connectivity index (χ1n) is 7.19. The Morgan fingerprint density at radius 2 is 2.00 bits per heavy atom. The Kier molecular flexibility index (Phi) is 6.62. The fourth-order valence-electron chi connectivity index (χ4n) is 1.94. The molecule has 2 rings (SSSR count). The molecule has 0 saturated carbocycles. The van der Waals surface area contributed by atoms with Gasteiger partial charge in [0.15, 0.2) is 0 Å². The number of aromatic nitrogens is 2. The van der Waals surface area contributed by atoms with Crippen molar-refractivity contribution in [2.75, 3.05) is 6.54 Å². The molecule has 0 spiro atoms. The standard InChI is InChI=1S/C16H21ClN4O.ClH/c1-11(2)16(3,10-18)20-15(22)12-8-19-21(9-12)14-6-4-13(17)5-7-14;/h4-9,11H,10,18H2,1-3H3,(H,20,22);1H. The number of carbonyl (C=O) groups is 1. The minimum atomic E-state index is -0.445. The summed E-state index contributed by atoms with van der Waals surface area (Å²) in [6.07, 6.45) is 3.23. The van der Waals surface area contributed by atoms with Gasteiger partial charge in [-0.3, -0.25) is 4.79 Å². The number of nitrogens with two attached hydrogens (primary N) is 1. The maximum absolute atomic E-state index is 12.4. The largest absolute Gasteiger partial charge is 0.345 e. The van der Waals surface area contributed by atoms with Crippen LogP contribution in [0.4, 0.5) is 0 Å². The monoisotopic (exact) mass is 356 g/mol. The lowest BCUT2D eigenvalue weighted by Crippen LogP contribution is -2.54. The average Bonchev–Trinajstić information content (AvgIpc) is 2.97. The number of nitrogens with one attached hydrogen (secondary N) is 1. The van der Waals surface area contributed by atoms with Crippen molar-refractivity contribution in [1.29, 1.82) is 0 Å². The number of amides is 1. The predicted molar refractivity (Wildman–Crippen MR) is 95.6 cm³/mol. The molecular weight excluding hydrogens is 335 g/mol. The lowest BCUT2D eigenvalue weighted by molar-refractivity contribution is 0.0883. The van der Waals surface area contributed by atoms with E-state index in [1.54, 1.807) is 29.2 Å². The highest BCUT2D eigenvalue weighted by atomic mass is 35.5. The van der Waals surface area contributed by atoms with E-state index in [1.807, 2.05) is 32.9 Å². The summed E-state index contributed by atoms with van der Waals surface area (Å²) < 4.78 is 1.64. The maximum atomic E-state index is 12.4. The van der Waals surface area contributed by atoms with Gasteiger partial charge in [-0.1, -0.05) is 25.4 Å². The van der Waals surface area contributed by atoms with Crippen LogP contribution in [0.1, 0.15) is 31.1 Å². The molecule has 0 bridgehead atoms. The van der Waals surface area contributed by atoms with E-state index in [-0.39, 0.29) is 24.2 Å². The Labute approximate surface area is 147 Å². The number of hydrogen-bond acceptors (Lipinski definition) is 3. The molecule has 126 valence electrons. The molecule has 0 fully saturated rings. The van der Waals surface area contributed by atoms with E-state index < -0.39 is 5.54 Å². The highest BCUT2D eigenvalue weighted by molar-refractivity contribution is 6.30. The summed E-state index contributed by atoms with van der Waals surface area (Å²) in [4.78, 5) is 12.4. The molecule has 1 unspecified atom stereocenters. The molecular formula is C16H22Cl2N4O. The maximum Gasteiger partial charge on any atom is 0.254 e. The van der Waals surface area contributed by atoms with Gasteiger partial charge in [-0.05, 0) is 37.1 Å². The third kappa shape index (κ3) is 4.47. The smallest absolute Gasteiger partial charge is 0.254 e. The summed E-state index contributed by atoms with van der Waals surface area (Å²) >= 11 is 5.87. The second-order valence-corrected chi connectivity index (χ2v) is 6.32. The van der Waals surface area contributed by atoms with Crippen molar-refractivity contribution in [3.63, 3.8) is 0 Å². The lowest BCUT2D eigenvalue weighted by Gasteiger charge is -2.33. The van der Waals surface area contributed by atoms with E-state index >= 15 is 0 Å². The molecule has 5 nitrogen and oxygen atoms in total. The molecule has 1 heterocycles. The molecule has 2 aromatic rings. The number of carbonyl (C=O) groups excluding carboxylic acids is 1. The minimum absolute atomic E-state index is 0. The average molecular weight is 357 g/mol. The van der Waals surface area contributed by atoms with Crippen molar-refractivity contribution in [3.05, 3.63) is 47.2 Å². The van der Waals surface area contributed by atoms with Crippen LogP contribution in [-0.4, -0.2) is 27.8 Å². The van der Waals surface area contributed by atoms with Crippen molar-refractivity contribution in [2.24, 2.45) is 11.7 Å². The minimum Gasteiger partial charge on any atom is -0.345 e. The van der Waals surface area contributed by atoms with Gasteiger partial charge in [0.2, 0.25) is 0 Å². The first-order chi connectivity index (χ1) is 10.4. The van der Waals surface area contributed by atoms with Gasteiger partial charge >= 0.3 is 0 Å². The first kappa shape index (κ1) is 19.5. The van der Waals surface area contributed by atoms with Crippen LogP contribution in [0, 0.1) is 5.92 Å². The quantitative estimate of drug-likeness (QED) is 0.864. The Morgan fingerprint density at radius 1 is 1.39 bits per heavy atom. The molecule has 0 radical (unpaired) electrons. The molecule has 7 heteroatoms. The molecule has 3 N–H and O–H groups in total. The fourth-order valence-corrected chi connectivity index (χ4v) is 2.06. The van der Waals surface area contributed by atoms with Crippen molar-refractivity contribution in [3.8, 4) is 5.69 Å². The number of halogens is 2. The van der Waals surface area contributed by atoms with Gasteiger partial charge in [0.25, 0.3) is 5.91 Å². The zero-order valence-corrected chi connectivity index (χ0v) is 15.0. The molecule has 1 aromatic heterocycles. The highest BCUT2D eigenvalue weighted by Crippen LogP contribution is 2.17. The highest BCUT2D eigenvalue weighted by Gasteiger charge is 2.29. The van der Waals surface area contributed by atoms with Gasteiger partial charge in [-0.2, -0.15) is 5.10 Å². The zero-order chi connectivity index (χ0) is 16.3. The lowest BCUT2D eigenvalue weighted by atomic mass is 9.88. The molecule has 0 aliphatic rings. The van der Waals surface area contributed by atoms with Gasteiger partial charge in [-0.15, -0.1) is 12.4 Å². The summed E-state index contributed by atoms with van der Waals surface area (Å²) in [6.45, 7) is 6.38. The summed E-state index contributed by atoms with van der Waals surface area (Å²) in [5.74, 6) is 0.0506. The van der Waals surface area contributed by atoms with Crippen molar-refractivity contribution in [2.45, 2.75) is 26.3 Å². The van der Waals surface area contributed by atoms with Crippen LogP contribution in [0.15, 0.2) is 36.7 Å². The molecule has 1 aromatic carbocycles. The molecule has 0 aliphatic carbocycles. The van der Waals surface area contributed by atoms with Crippen molar-refractivity contribution >= 4 is 29.9 Å². The van der Waals surface area contributed by atoms with Gasteiger partial charge in [-0.25, -0.2) is 4.68 Å². The van der Waals surface area contributed by atoms with Crippen LogP contribution in [0.25, 0.3) is 5.69 Å². The summed E-state index contributed by atoms with van der Waals surface area (Å²) in [5, 5.41) is 7.87. The predicted octanol–water partition coefficient (Wildman–Crippen LogP) is 3.05. The SMILES string of the molecule is CC(C)C(C)(CN)NC(=O)c1cnn(-c2ccc(Cl)cc2)c1.Cl. The van der Waals surface area contributed by atoms with Gasteiger partial charge in [0, 0.05) is 17.8 Å². The molecule has 23 heavy (non-hydrogen) atoms. The molecule has 0 saturated heterocycles. The number of benzene rings is 1. The number of nitrogens with zero attached hydrogens (tertiary/aromatic N) is 2. The summed E-state index contributed by atoms with van der Waals surface area (Å²) in [6, 6.07) is 7.25. The Bertz CT molecular complexity index is 654. The van der Waals surface area contributed by atoms with Crippen LogP contribution >= 0.6 is 24.0 Å². The molecule has 0 aliphatic heterocycles. The van der Waals surface area contributed by atoms with E-state index in [2.05, 4.69) is 10.4 Å². The Hall–Kier alpha value is -1.56. The van der Waals surface area contributed by atoms with E-state index in [0.29, 0.717) is 17.1 Å². The topological polar surface area (TPSA) is 72.9 Å². The Morgan fingerprint density at radius 3 is 2.52 bits per heavy atom. The van der Waals surface area contributed by atoms with Crippen LogP contribution in [0.2, 0.25) is 5.02 Å². The number of hydrogen-bond donors (Lipinski definition) is 2. The van der Waals surface area contributed by atoms with Crippen LogP contribution < -0.4 is 11.1 Å². The van der Waals surface area contributed by atoms with Crippen LogP contribution in [0.5, 0.6) is 0 Å². The third-order valence-corrected chi connectivity index (χ3v) is 4.29. The van der Waals surface area contributed by atoms with Gasteiger partial charge < -0.3 is 11.1 Å². The van der Waals surface area contributed by atoms with Crippen LogP contribution in [-0.2, 0) is 0 Å². The van der Waals surface area contributed by atoms with E-state index in [9.17, 15) is 4.79 Å². The first-order valence-corrected chi connectivity index (χ1v) is 7.56. The molecule has 1 atom stereocenters. The zero-order valence-electron chi connectivity index (χ0n) is 13.4. The second-order valence-electron chi connectivity index (χ2n) is 5.88. The van der Waals surface area contributed by atoms with Crippen molar-refractivity contribution < 1.29 is 4.79 Å². The summed E-state index contributed by atoms with van der Waals surface area (Å²) in [7, 11) is 0. The fraction of sp³-hybridized carbons (Fsp3) is 0.375. The van der Waals surface area contributed by atoms with E-state index in [0.717, 1.165) is 5.69 Å². The van der Waals surface area contributed by atoms with Crippen LogP contribution in [0.3, 0.4) is 0 Å². The number of rotatable bonds is 5.